The first kappa shape index (κ1) is 14.8. The number of halogens is 3. The molecule has 0 fully saturated rings. The Morgan fingerprint density at radius 2 is 2.28 bits per heavy atom. The van der Waals surface area contributed by atoms with E-state index in [1.165, 1.54) is 6.07 Å². The van der Waals surface area contributed by atoms with Crippen molar-refractivity contribution in [1.82, 2.24) is 4.98 Å². The van der Waals surface area contributed by atoms with Crippen LogP contribution < -0.4 is 5.73 Å². The van der Waals surface area contributed by atoms with E-state index in [2.05, 4.69) is 4.98 Å². The van der Waals surface area contributed by atoms with E-state index in [1.807, 2.05) is 0 Å². The van der Waals surface area contributed by atoms with Gasteiger partial charge in [-0.3, -0.25) is 9.78 Å². The van der Waals surface area contributed by atoms with Crippen LogP contribution in [0.3, 0.4) is 0 Å². The Hall–Kier alpha value is -1.27. The van der Waals surface area contributed by atoms with Gasteiger partial charge in [0.25, 0.3) is 6.43 Å². The van der Waals surface area contributed by atoms with Crippen molar-refractivity contribution >= 4 is 17.6 Å². The number of hydrogen-bond donors (Lipinski definition) is 1. The van der Waals surface area contributed by atoms with E-state index in [-0.39, 0.29) is 35.9 Å². The number of rotatable bonds is 5. The molecular weight excluding hydrogens is 266 g/mol. The van der Waals surface area contributed by atoms with Crippen molar-refractivity contribution in [2.75, 3.05) is 6.61 Å². The Labute approximate surface area is 108 Å². The van der Waals surface area contributed by atoms with Crippen molar-refractivity contribution in [3.05, 3.63) is 28.0 Å². The minimum absolute atomic E-state index is 0.0853. The molecule has 1 heterocycles. The van der Waals surface area contributed by atoms with Crippen molar-refractivity contribution < 1.29 is 18.3 Å². The average Bonchev–Trinajstić information content (AvgIpc) is 2.28. The van der Waals surface area contributed by atoms with Crippen LogP contribution in [0, 0.1) is 0 Å². The molecule has 1 aromatic heterocycles. The zero-order chi connectivity index (χ0) is 13.7. The highest BCUT2D eigenvalue weighted by Crippen LogP contribution is 2.27. The van der Waals surface area contributed by atoms with Crippen LogP contribution in [0.2, 0.25) is 5.02 Å². The highest BCUT2D eigenvalue weighted by Gasteiger charge is 2.19. The molecule has 0 spiro atoms. The standard InChI is InChI=1S/C11H13ClF2N2O2/c1-2-18-9(17)4-6-3-8(12)7(5-15)10(16-6)11(13)14/h3,11H,2,4-5,15H2,1H3. The summed E-state index contributed by atoms with van der Waals surface area (Å²) in [6.07, 6.45) is -2.99. The summed E-state index contributed by atoms with van der Waals surface area (Å²) in [5.41, 5.74) is 5.10. The fraction of sp³-hybridized carbons (Fsp3) is 0.455. The van der Waals surface area contributed by atoms with Gasteiger partial charge in [-0.05, 0) is 13.0 Å². The van der Waals surface area contributed by atoms with Gasteiger partial charge in [0.05, 0.1) is 18.7 Å². The second-order valence-corrected chi connectivity index (χ2v) is 3.85. The molecule has 0 saturated heterocycles. The lowest BCUT2D eigenvalue weighted by molar-refractivity contribution is -0.142. The molecule has 0 radical (unpaired) electrons. The fourth-order valence-electron chi connectivity index (χ4n) is 1.44. The van der Waals surface area contributed by atoms with E-state index in [0.29, 0.717) is 0 Å². The number of nitrogens with zero attached hydrogens (tertiary/aromatic N) is 1. The summed E-state index contributed by atoms with van der Waals surface area (Å²) < 4.78 is 30.2. The van der Waals surface area contributed by atoms with Crippen molar-refractivity contribution in [2.45, 2.75) is 26.3 Å². The summed E-state index contributed by atoms with van der Waals surface area (Å²) in [7, 11) is 0. The molecule has 0 amide bonds. The first-order valence-electron chi connectivity index (χ1n) is 5.31. The SMILES string of the molecule is CCOC(=O)Cc1cc(Cl)c(CN)c(C(F)F)n1. The average molecular weight is 279 g/mol. The van der Waals surface area contributed by atoms with Gasteiger partial charge in [-0.15, -0.1) is 0 Å². The summed E-state index contributed by atoms with van der Waals surface area (Å²) in [4.78, 5) is 15.0. The number of ether oxygens (including phenoxy) is 1. The molecular formula is C11H13ClF2N2O2. The third-order valence-corrected chi connectivity index (χ3v) is 2.53. The maximum atomic E-state index is 12.8. The zero-order valence-corrected chi connectivity index (χ0v) is 10.5. The molecule has 0 bridgehead atoms. The van der Waals surface area contributed by atoms with Crippen LogP contribution in [0.15, 0.2) is 6.07 Å². The maximum absolute atomic E-state index is 12.8. The molecule has 1 rings (SSSR count). The lowest BCUT2D eigenvalue weighted by atomic mass is 10.1. The van der Waals surface area contributed by atoms with Gasteiger partial charge in [0, 0.05) is 17.1 Å². The van der Waals surface area contributed by atoms with Gasteiger partial charge in [0.2, 0.25) is 0 Å². The van der Waals surface area contributed by atoms with Crippen molar-refractivity contribution in [3.8, 4) is 0 Å². The highest BCUT2D eigenvalue weighted by atomic mass is 35.5. The molecule has 1 aromatic rings. The summed E-state index contributed by atoms with van der Waals surface area (Å²) in [6.45, 7) is 1.74. The van der Waals surface area contributed by atoms with Gasteiger partial charge in [-0.1, -0.05) is 11.6 Å². The van der Waals surface area contributed by atoms with Gasteiger partial charge in [0.1, 0.15) is 5.69 Å². The van der Waals surface area contributed by atoms with E-state index in [1.54, 1.807) is 6.92 Å². The van der Waals surface area contributed by atoms with Crippen LogP contribution in [0.1, 0.15) is 30.3 Å². The van der Waals surface area contributed by atoms with E-state index >= 15 is 0 Å². The largest absolute Gasteiger partial charge is 0.466 e. The normalized spacial score (nSPS) is 10.8. The monoisotopic (exact) mass is 278 g/mol. The quantitative estimate of drug-likeness (QED) is 0.839. The van der Waals surface area contributed by atoms with Crippen LogP contribution in [0.5, 0.6) is 0 Å². The number of pyridine rings is 1. The number of carbonyl (C=O) groups is 1. The zero-order valence-electron chi connectivity index (χ0n) is 9.75. The van der Waals surface area contributed by atoms with Crippen molar-refractivity contribution in [1.29, 1.82) is 0 Å². The minimum Gasteiger partial charge on any atom is -0.466 e. The molecule has 0 atom stereocenters. The second-order valence-electron chi connectivity index (χ2n) is 3.45. The summed E-state index contributed by atoms with van der Waals surface area (Å²) in [6, 6.07) is 1.35. The Balaban J connectivity index is 3.05. The predicted octanol–water partition coefficient (Wildman–Crippen LogP) is 2.24. The van der Waals surface area contributed by atoms with Crippen LogP contribution in [0.25, 0.3) is 0 Å². The fourth-order valence-corrected chi connectivity index (χ4v) is 1.74. The third-order valence-electron chi connectivity index (χ3n) is 2.20. The number of esters is 1. The molecule has 0 unspecified atom stereocenters. The molecule has 18 heavy (non-hydrogen) atoms. The number of carbonyl (C=O) groups excluding carboxylic acids is 1. The topological polar surface area (TPSA) is 65.2 Å². The third kappa shape index (κ3) is 3.61. The van der Waals surface area contributed by atoms with Gasteiger partial charge in [-0.25, -0.2) is 8.78 Å². The molecule has 2 N–H and O–H groups in total. The molecule has 7 heteroatoms. The van der Waals surface area contributed by atoms with Crippen LogP contribution in [0.4, 0.5) is 8.78 Å². The number of hydrogen-bond acceptors (Lipinski definition) is 4. The lowest BCUT2D eigenvalue weighted by Crippen LogP contribution is -2.12. The van der Waals surface area contributed by atoms with Crippen LogP contribution in [-0.2, 0) is 22.5 Å². The number of alkyl halides is 2. The van der Waals surface area contributed by atoms with E-state index < -0.39 is 18.1 Å². The second kappa shape index (κ2) is 6.61. The molecule has 100 valence electrons. The lowest BCUT2D eigenvalue weighted by Gasteiger charge is -2.10. The van der Waals surface area contributed by atoms with E-state index in [4.69, 9.17) is 22.1 Å². The van der Waals surface area contributed by atoms with Gasteiger partial charge >= 0.3 is 5.97 Å². The molecule has 0 aliphatic rings. The summed E-state index contributed by atoms with van der Waals surface area (Å²) >= 11 is 5.83. The first-order valence-corrected chi connectivity index (χ1v) is 5.69. The molecule has 0 aromatic carbocycles. The molecule has 4 nitrogen and oxygen atoms in total. The van der Waals surface area contributed by atoms with Gasteiger partial charge < -0.3 is 10.5 Å². The van der Waals surface area contributed by atoms with Gasteiger partial charge in [0.15, 0.2) is 0 Å². The van der Waals surface area contributed by atoms with Gasteiger partial charge in [-0.2, -0.15) is 0 Å². The predicted molar refractivity (Wildman–Crippen MR) is 62.4 cm³/mol. The Kier molecular flexibility index (Phi) is 5.43. The molecule has 0 aliphatic heterocycles. The molecule has 0 saturated carbocycles. The Morgan fingerprint density at radius 1 is 1.61 bits per heavy atom. The smallest absolute Gasteiger partial charge is 0.311 e. The van der Waals surface area contributed by atoms with E-state index in [9.17, 15) is 13.6 Å². The number of aromatic nitrogens is 1. The van der Waals surface area contributed by atoms with E-state index in [0.717, 1.165) is 0 Å². The number of nitrogens with two attached hydrogens (primary N) is 1. The minimum atomic E-state index is -2.79. The Bertz CT molecular complexity index is 441. The van der Waals surface area contributed by atoms with Crippen molar-refractivity contribution in [2.24, 2.45) is 5.73 Å². The summed E-state index contributed by atoms with van der Waals surface area (Å²) in [5, 5.41) is 0.0853. The summed E-state index contributed by atoms with van der Waals surface area (Å²) in [5.74, 6) is -0.540. The highest BCUT2D eigenvalue weighted by molar-refractivity contribution is 6.31. The Morgan fingerprint density at radius 3 is 2.78 bits per heavy atom. The first-order chi connectivity index (χ1) is 8.49. The molecule has 0 aliphatic carbocycles. The van der Waals surface area contributed by atoms with Crippen LogP contribution in [-0.4, -0.2) is 17.6 Å². The van der Waals surface area contributed by atoms with Crippen molar-refractivity contribution in [3.63, 3.8) is 0 Å². The maximum Gasteiger partial charge on any atom is 0.311 e. The van der Waals surface area contributed by atoms with Crippen LogP contribution >= 0.6 is 11.6 Å².